The largest absolute Gasteiger partial charge is 0.0713 e. The minimum absolute atomic E-state index is 0.00700. The average Bonchev–Trinajstić information content (AvgIpc) is 3.64. The molecule has 53 heavy (non-hydrogen) atoms. The van der Waals surface area contributed by atoms with Gasteiger partial charge in [0.05, 0.1) is 5.41 Å². The van der Waals surface area contributed by atoms with Crippen LogP contribution in [0.25, 0.3) is 44.5 Å². The van der Waals surface area contributed by atoms with Crippen molar-refractivity contribution in [1.29, 1.82) is 0 Å². The summed E-state index contributed by atoms with van der Waals surface area (Å²) in [6.45, 7) is 4.71. The number of hydrogen-bond acceptors (Lipinski definition) is 0. The summed E-state index contributed by atoms with van der Waals surface area (Å²) in [5, 5.41) is 0. The molecule has 252 valence electrons. The number of fused-ring (bicyclic) bond motifs is 6. The Balaban J connectivity index is 1.04. The van der Waals surface area contributed by atoms with Crippen LogP contribution < -0.4 is 0 Å². The fraction of sp³-hybridized carbons (Fsp3) is 0.0943. The maximum absolute atomic E-state index is 2.49. The zero-order chi connectivity index (χ0) is 35.6. The van der Waals surface area contributed by atoms with Crippen LogP contribution in [0.2, 0.25) is 0 Å². The van der Waals surface area contributed by atoms with Crippen LogP contribution in [-0.4, -0.2) is 0 Å². The van der Waals surface area contributed by atoms with Crippen molar-refractivity contribution in [3.05, 3.63) is 239 Å². The van der Waals surface area contributed by atoms with Crippen LogP contribution in [0.5, 0.6) is 0 Å². The lowest BCUT2D eigenvalue weighted by molar-refractivity contribution is 0.660. The van der Waals surface area contributed by atoms with E-state index in [4.69, 9.17) is 0 Å². The minimum atomic E-state index is -0.446. The van der Waals surface area contributed by atoms with Crippen LogP contribution in [0, 0.1) is 0 Å². The standard InChI is InChI=1S/C53H40/c1-52(2)48-22-11-9-20-44(48)46-31-29-41(35-50(46)52)39-27-24-36(25-28-39)32-37-26-30-47-45-21-10-12-23-49(45)53(51(47)33-37,42-17-7-4-8-18-42)43-19-13-16-40(34-43)38-14-5-3-6-15-38/h3-31,33-35H,32H2,1-2H3. The molecule has 0 fully saturated rings. The van der Waals surface area contributed by atoms with Gasteiger partial charge in [0.25, 0.3) is 0 Å². The van der Waals surface area contributed by atoms with Crippen molar-refractivity contribution >= 4 is 0 Å². The molecule has 0 radical (unpaired) electrons. The highest BCUT2D eigenvalue weighted by atomic mass is 14.5. The minimum Gasteiger partial charge on any atom is -0.0622 e. The van der Waals surface area contributed by atoms with Gasteiger partial charge in [-0.3, -0.25) is 0 Å². The van der Waals surface area contributed by atoms with E-state index in [9.17, 15) is 0 Å². The highest BCUT2D eigenvalue weighted by molar-refractivity contribution is 5.87. The van der Waals surface area contributed by atoms with Crippen molar-refractivity contribution in [1.82, 2.24) is 0 Å². The molecule has 0 aliphatic heterocycles. The first-order valence-corrected chi connectivity index (χ1v) is 18.8. The molecule has 0 saturated heterocycles. The molecule has 0 nitrogen and oxygen atoms in total. The maximum Gasteiger partial charge on any atom is 0.0713 e. The molecule has 2 aliphatic rings. The van der Waals surface area contributed by atoms with E-state index in [-0.39, 0.29) is 5.41 Å². The SMILES string of the molecule is CC1(C)c2ccccc2-c2ccc(-c3ccc(Cc4ccc5c(c4)C(c4ccccc4)(c4cccc(-c6ccccc6)c4)c4ccccc4-5)cc3)cc21. The highest BCUT2D eigenvalue weighted by Gasteiger charge is 2.46. The molecule has 0 bridgehead atoms. The molecule has 0 heterocycles. The van der Waals surface area contributed by atoms with Crippen LogP contribution in [0.15, 0.2) is 194 Å². The lowest BCUT2D eigenvalue weighted by Gasteiger charge is -2.34. The first kappa shape index (κ1) is 31.5. The average molecular weight is 677 g/mol. The summed E-state index contributed by atoms with van der Waals surface area (Å²) in [5.74, 6) is 0. The van der Waals surface area contributed by atoms with Gasteiger partial charge in [-0.15, -0.1) is 0 Å². The van der Waals surface area contributed by atoms with Crippen LogP contribution in [0.3, 0.4) is 0 Å². The Morgan fingerprint density at radius 1 is 0.321 bits per heavy atom. The van der Waals surface area contributed by atoms with Crippen molar-refractivity contribution < 1.29 is 0 Å². The molecule has 10 rings (SSSR count). The first-order valence-electron chi connectivity index (χ1n) is 18.8. The van der Waals surface area contributed by atoms with Crippen molar-refractivity contribution in [3.8, 4) is 44.5 Å². The normalized spacial score (nSPS) is 16.0. The van der Waals surface area contributed by atoms with Gasteiger partial charge in [-0.05, 0) is 108 Å². The summed E-state index contributed by atoms with van der Waals surface area (Å²) in [7, 11) is 0. The lowest BCUT2D eigenvalue weighted by atomic mass is 9.67. The van der Waals surface area contributed by atoms with E-state index in [1.807, 2.05) is 0 Å². The van der Waals surface area contributed by atoms with Gasteiger partial charge in [0.1, 0.15) is 0 Å². The third-order valence-corrected chi connectivity index (χ3v) is 12.0. The fourth-order valence-electron chi connectivity index (χ4n) is 9.41. The number of rotatable bonds is 6. The predicted molar refractivity (Wildman–Crippen MR) is 221 cm³/mol. The Hall–Kier alpha value is -6.24. The van der Waals surface area contributed by atoms with Crippen LogP contribution in [0.1, 0.15) is 58.4 Å². The van der Waals surface area contributed by atoms with Gasteiger partial charge < -0.3 is 0 Å². The third-order valence-electron chi connectivity index (χ3n) is 12.0. The third kappa shape index (κ3) is 4.90. The molecular formula is C53H40. The van der Waals surface area contributed by atoms with E-state index in [1.165, 1.54) is 89.0 Å². The van der Waals surface area contributed by atoms with E-state index < -0.39 is 5.41 Å². The maximum atomic E-state index is 2.49. The van der Waals surface area contributed by atoms with Crippen LogP contribution >= 0.6 is 0 Å². The first-order chi connectivity index (χ1) is 26.0. The van der Waals surface area contributed by atoms with Crippen molar-refractivity contribution in [3.63, 3.8) is 0 Å². The molecule has 1 unspecified atom stereocenters. The molecule has 0 heteroatoms. The molecule has 0 aromatic heterocycles. The molecule has 8 aromatic carbocycles. The Labute approximate surface area is 313 Å². The monoisotopic (exact) mass is 676 g/mol. The topological polar surface area (TPSA) is 0 Å². The van der Waals surface area contributed by atoms with Gasteiger partial charge in [-0.1, -0.05) is 196 Å². The quantitative estimate of drug-likeness (QED) is 0.164. The zero-order valence-electron chi connectivity index (χ0n) is 30.2. The molecule has 0 saturated carbocycles. The molecular weight excluding hydrogens is 637 g/mol. The van der Waals surface area contributed by atoms with E-state index in [1.54, 1.807) is 0 Å². The molecule has 0 N–H and O–H groups in total. The second-order valence-corrected chi connectivity index (χ2v) is 15.3. The Morgan fingerprint density at radius 2 is 0.830 bits per heavy atom. The van der Waals surface area contributed by atoms with Crippen molar-refractivity contribution in [2.24, 2.45) is 0 Å². The highest BCUT2D eigenvalue weighted by Crippen LogP contribution is 2.56. The molecule has 2 aliphatic carbocycles. The smallest absolute Gasteiger partial charge is 0.0622 e. The van der Waals surface area contributed by atoms with Gasteiger partial charge in [-0.2, -0.15) is 0 Å². The molecule has 0 spiro atoms. The Kier molecular flexibility index (Phi) is 7.24. The molecule has 8 aromatic rings. The van der Waals surface area contributed by atoms with Gasteiger partial charge >= 0.3 is 0 Å². The summed E-state index contributed by atoms with van der Waals surface area (Å²) < 4.78 is 0. The molecule has 0 amide bonds. The van der Waals surface area contributed by atoms with E-state index in [2.05, 4.69) is 208 Å². The second-order valence-electron chi connectivity index (χ2n) is 15.3. The van der Waals surface area contributed by atoms with Crippen LogP contribution in [-0.2, 0) is 17.3 Å². The summed E-state index contributed by atoms with van der Waals surface area (Å²) in [4.78, 5) is 0. The van der Waals surface area contributed by atoms with Crippen LogP contribution in [0.4, 0.5) is 0 Å². The van der Waals surface area contributed by atoms with E-state index in [0.29, 0.717) is 0 Å². The van der Waals surface area contributed by atoms with Gasteiger partial charge in [0.15, 0.2) is 0 Å². The predicted octanol–water partition coefficient (Wildman–Crippen LogP) is 13.3. The summed E-state index contributed by atoms with van der Waals surface area (Å²) in [6.07, 6.45) is 0.866. The Morgan fingerprint density at radius 3 is 1.60 bits per heavy atom. The van der Waals surface area contributed by atoms with Crippen molar-refractivity contribution in [2.75, 3.05) is 0 Å². The lowest BCUT2D eigenvalue weighted by Crippen LogP contribution is -2.28. The Bertz CT molecular complexity index is 2640. The summed E-state index contributed by atoms with van der Waals surface area (Å²) in [6, 6.07) is 72.4. The van der Waals surface area contributed by atoms with Gasteiger partial charge in [0.2, 0.25) is 0 Å². The van der Waals surface area contributed by atoms with Gasteiger partial charge in [0, 0.05) is 5.41 Å². The fourth-order valence-corrected chi connectivity index (χ4v) is 9.41. The summed E-state index contributed by atoms with van der Waals surface area (Å²) >= 11 is 0. The second kappa shape index (κ2) is 12.2. The summed E-state index contributed by atoms with van der Waals surface area (Å²) in [5.41, 5.74) is 20.6. The number of benzene rings is 8. The van der Waals surface area contributed by atoms with E-state index >= 15 is 0 Å². The van der Waals surface area contributed by atoms with E-state index in [0.717, 1.165) is 6.42 Å². The van der Waals surface area contributed by atoms with Crippen molar-refractivity contribution in [2.45, 2.75) is 31.1 Å². The zero-order valence-corrected chi connectivity index (χ0v) is 30.2. The number of hydrogen-bond donors (Lipinski definition) is 0. The molecule has 1 atom stereocenters. The van der Waals surface area contributed by atoms with Gasteiger partial charge in [-0.25, -0.2) is 0 Å².